The minimum atomic E-state index is -1.04. The number of benzene rings is 2. The first-order valence-corrected chi connectivity index (χ1v) is 7.28. The molecule has 0 aliphatic rings. The average Bonchev–Trinajstić information content (AvgIpc) is 2.61. The fraction of sp³-hybridized carbons (Fsp3) is 0.235. The van der Waals surface area contributed by atoms with E-state index < -0.39 is 17.7 Å². The number of rotatable bonds is 6. The molecule has 0 bridgehead atoms. The van der Waals surface area contributed by atoms with Gasteiger partial charge < -0.3 is 24.8 Å². The van der Waals surface area contributed by atoms with Gasteiger partial charge in [-0.05, 0) is 24.3 Å². The molecule has 6 nitrogen and oxygen atoms in total. The van der Waals surface area contributed by atoms with Gasteiger partial charge in [0.05, 0.1) is 21.3 Å². The molecular weight excluding hydrogens is 334 g/mol. The van der Waals surface area contributed by atoms with E-state index in [9.17, 15) is 13.6 Å². The zero-order valence-corrected chi connectivity index (χ0v) is 14.0. The quantitative estimate of drug-likeness (QED) is 0.837. The first kappa shape index (κ1) is 18.3. The molecule has 0 aromatic heterocycles. The van der Waals surface area contributed by atoms with Gasteiger partial charge in [-0.3, -0.25) is 0 Å². The first-order valence-electron chi connectivity index (χ1n) is 7.28. The number of ether oxygens (including phenoxy) is 3. The number of carbonyl (C=O) groups excluding carboxylic acids is 1. The second-order valence-electron chi connectivity index (χ2n) is 4.93. The molecule has 0 aliphatic carbocycles. The number of amides is 2. The van der Waals surface area contributed by atoms with Gasteiger partial charge in [0.15, 0.2) is 23.1 Å². The van der Waals surface area contributed by atoms with E-state index in [-0.39, 0.29) is 12.2 Å². The smallest absolute Gasteiger partial charge is 0.319 e. The van der Waals surface area contributed by atoms with Crippen molar-refractivity contribution in [1.82, 2.24) is 5.32 Å². The maximum absolute atomic E-state index is 13.1. The molecule has 2 amide bonds. The van der Waals surface area contributed by atoms with Crippen LogP contribution in [0.2, 0.25) is 0 Å². The third-order valence-corrected chi connectivity index (χ3v) is 3.40. The zero-order valence-electron chi connectivity index (χ0n) is 14.0. The largest absolute Gasteiger partial charge is 0.493 e. The Labute approximate surface area is 143 Å². The van der Waals surface area contributed by atoms with Crippen molar-refractivity contribution in [2.24, 2.45) is 0 Å². The van der Waals surface area contributed by atoms with E-state index >= 15 is 0 Å². The topological polar surface area (TPSA) is 68.8 Å². The predicted octanol–water partition coefficient (Wildman–Crippen LogP) is 3.31. The number of carbonyl (C=O) groups is 1. The number of nitrogens with one attached hydrogen (secondary N) is 2. The SMILES string of the molecule is COc1ccc(CNC(=O)Nc2ccc(F)c(F)c2)c(OC)c1OC. The van der Waals surface area contributed by atoms with Gasteiger partial charge in [0, 0.05) is 23.9 Å². The number of halogens is 2. The second kappa shape index (κ2) is 8.18. The Hall–Kier alpha value is -3.03. The molecule has 0 saturated carbocycles. The summed E-state index contributed by atoms with van der Waals surface area (Å²) in [6.45, 7) is 0.124. The lowest BCUT2D eigenvalue weighted by Crippen LogP contribution is -2.28. The lowest BCUT2D eigenvalue weighted by Gasteiger charge is -2.16. The Morgan fingerprint density at radius 2 is 1.68 bits per heavy atom. The van der Waals surface area contributed by atoms with Gasteiger partial charge in [-0.25, -0.2) is 13.6 Å². The van der Waals surface area contributed by atoms with Crippen LogP contribution in [0.15, 0.2) is 30.3 Å². The molecule has 2 aromatic rings. The number of hydrogen-bond acceptors (Lipinski definition) is 4. The Morgan fingerprint density at radius 3 is 2.28 bits per heavy atom. The fourth-order valence-electron chi connectivity index (χ4n) is 2.23. The normalized spacial score (nSPS) is 10.1. The highest BCUT2D eigenvalue weighted by molar-refractivity contribution is 5.89. The molecule has 8 heteroatoms. The van der Waals surface area contributed by atoms with Gasteiger partial charge in [0.1, 0.15) is 0 Å². The van der Waals surface area contributed by atoms with Crippen molar-refractivity contribution < 1.29 is 27.8 Å². The summed E-state index contributed by atoms with van der Waals surface area (Å²) >= 11 is 0. The van der Waals surface area contributed by atoms with E-state index in [4.69, 9.17) is 14.2 Å². The molecule has 0 aliphatic heterocycles. The Morgan fingerprint density at radius 1 is 0.960 bits per heavy atom. The maximum Gasteiger partial charge on any atom is 0.319 e. The van der Waals surface area contributed by atoms with Crippen molar-refractivity contribution in [2.45, 2.75) is 6.54 Å². The number of anilines is 1. The number of urea groups is 1. The standard InChI is InChI=1S/C17H18F2N2O4/c1-23-14-7-4-10(15(24-2)16(14)25-3)9-20-17(22)21-11-5-6-12(18)13(19)8-11/h4-8H,9H2,1-3H3,(H2,20,21,22). The van der Waals surface area contributed by atoms with Crippen LogP contribution < -0.4 is 24.8 Å². The van der Waals surface area contributed by atoms with Crippen molar-refractivity contribution in [3.05, 3.63) is 47.5 Å². The second-order valence-corrected chi connectivity index (χ2v) is 4.93. The molecule has 25 heavy (non-hydrogen) atoms. The summed E-state index contributed by atoms with van der Waals surface area (Å²) in [4.78, 5) is 11.9. The monoisotopic (exact) mass is 352 g/mol. The number of hydrogen-bond donors (Lipinski definition) is 2. The van der Waals surface area contributed by atoms with Crippen molar-refractivity contribution in [2.75, 3.05) is 26.6 Å². The third kappa shape index (κ3) is 4.28. The molecule has 0 spiro atoms. The van der Waals surface area contributed by atoms with Crippen molar-refractivity contribution in [3.63, 3.8) is 0 Å². The van der Waals surface area contributed by atoms with Crippen molar-refractivity contribution in [1.29, 1.82) is 0 Å². The Bertz CT molecular complexity index is 769. The molecule has 0 heterocycles. The van der Waals surface area contributed by atoms with Crippen molar-refractivity contribution in [3.8, 4) is 17.2 Å². The van der Waals surface area contributed by atoms with Crippen LogP contribution in [0.4, 0.5) is 19.3 Å². The molecule has 2 rings (SSSR count). The molecule has 2 N–H and O–H groups in total. The predicted molar refractivity (Wildman–Crippen MR) is 88.3 cm³/mol. The highest BCUT2D eigenvalue weighted by Gasteiger charge is 2.16. The van der Waals surface area contributed by atoms with Crippen LogP contribution in [0.5, 0.6) is 17.2 Å². The third-order valence-electron chi connectivity index (χ3n) is 3.40. The highest BCUT2D eigenvalue weighted by Crippen LogP contribution is 2.39. The van der Waals surface area contributed by atoms with Gasteiger partial charge in [-0.2, -0.15) is 0 Å². The van der Waals surface area contributed by atoms with Crippen LogP contribution in [0.1, 0.15) is 5.56 Å². The average molecular weight is 352 g/mol. The van der Waals surface area contributed by atoms with E-state index in [1.165, 1.54) is 27.4 Å². The van der Waals surface area contributed by atoms with Gasteiger partial charge in [-0.1, -0.05) is 0 Å². The Balaban J connectivity index is 2.07. The summed E-state index contributed by atoms with van der Waals surface area (Å²) in [5.74, 6) is -0.699. The minimum absolute atomic E-state index is 0.124. The summed E-state index contributed by atoms with van der Waals surface area (Å²) in [6.07, 6.45) is 0. The minimum Gasteiger partial charge on any atom is -0.493 e. The molecule has 2 aromatic carbocycles. The van der Waals surface area contributed by atoms with Gasteiger partial charge in [0.2, 0.25) is 5.75 Å². The zero-order chi connectivity index (χ0) is 18.4. The van der Waals surface area contributed by atoms with E-state index in [2.05, 4.69) is 10.6 Å². The van der Waals surface area contributed by atoms with Gasteiger partial charge >= 0.3 is 6.03 Å². The summed E-state index contributed by atoms with van der Waals surface area (Å²) in [7, 11) is 4.46. The van der Waals surface area contributed by atoms with Crippen LogP contribution in [0.3, 0.4) is 0 Å². The summed E-state index contributed by atoms with van der Waals surface area (Å²) in [6, 6.07) is 5.91. The van der Waals surface area contributed by atoms with Crippen LogP contribution in [0.25, 0.3) is 0 Å². The van der Waals surface area contributed by atoms with E-state index in [1.807, 2.05) is 0 Å². The molecule has 0 fully saturated rings. The van der Waals surface area contributed by atoms with Crippen molar-refractivity contribution >= 4 is 11.7 Å². The maximum atomic E-state index is 13.1. The van der Waals surface area contributed by atoms with E-state index in [0.717, 1.165) is 12.1 Å². The molecule has 0 saturated heterocycles. The Kier molecular flexibility index (Phi) is 5.99. The molecule has 0 atom stereocenters. The first-order chi connectivity index (χ1) is 12.0. The van der Waals surface area contributed by atoms with Gasteiger partial charge in [-0.15, -0.1) is 0 Å². The molecule has 0 unspecified atom stereocenters. The van der Waals surface area contributed by atoms with E-state index in [0.29, 0.717) is 22.8 Å². The number of methoxy groups -OCH3 is 3. The summed E-state index contributed by atoms with van der Waals surface area (Å²) in [5, 5.41) is 5.02. The molecule has 0 radical (unpaired) electrons. The van der Waals surface area contributed by atoms with Crippen LogP contribution >= 0.6 is 0 Å². The molecule has 134 valence electrons. The lowest BCUT2D eigenvalue weighted by atomic mass is 10.1. The van der Waals surface area contributed by atoms with E-state index in [1.54, 1.807) is 12.1 Å². The van der Waals surface area contributed by atoms with Crippen LogP contribution in [-0.4, -0.2) is 27.4 Å². The van der Waals surface area contributed by atoms with Gasteiger partial charge in [0.25, 0.3) is 0 Å². The van der Waals surface area contributed by atoms with Crippen LogP contribution in [-0.2, 0) is 6.54 Å². The summed E-state index contributed by atoms with van der Waals surface area (Å²) < 4.78 is 41.8. The fourth-order valence-corrected chi connectivity index (χ4v) is 2.23. The highest BCUT2D eigenvalue weighted by atomic mass is 19.2. The summed E-state index contributed by atoms with van der Waals surface area (Å²) in [5.41, 5.74) is 0.788. The van der Waals surface area contributed by atoms with Crippen LogP contribution in [0, 0.1) is 11.6 Å². The molecular formula is C17H18F2N2O4. The lowest BCUT2D eigenvalue weighted by molar-refractivity contribution is 0.251.